The van der Waals surface area contributed by atoms with Gasteiger partial charge in [-0.1, -0.05) is 23.5 Å². The Bertz CT molecular complexity index is 847. The second-order valence-electron chi connectivity index (χ2n) is 6.42. The van der Waals surface area contributed by atoms with E-state index in [2.05, 4.69) is 49.8 Å². The minimum Gasteiger partial charge on any atom is -0.371 e. The molecule has 6 nitrogen and oxygen atoms in total. The van der Waals surface area contributed by atoms with Crippen molar-refractivity contribution in [1.29, 1.82) is 0 Å². The SMILES string of the molecule is Cc1nnc(-c2cccc(N3CCC(Nc4ccnn4C)CC3)c2)s1. The van der Waals surface area contributed by atoms with Gasteiger partial charge in [0.2, 0.25) is 0 Å². The number of nitrogens with one attached hydrogen (secondary N) is 1. The van der Waals surface area contributed by atoms with E-state index in [1.807, 2.05) is 30.9 Å². The van der Waals surface area contributed by atoms with Gasteiger partial charge < -0.3 is 10.2 Å². The third-order valence-electron chi connectivity index (χ3n) is 4.65. The molecule has 25 heavy (non-hydrogen) atoms. The van der Waals surface area contributed by atoms with Crippen LogP contribution in [0.3, 0.4) is 0 Å². The normalized spacial score (nSPS) is 15.5. The van der Waals surface area contributed by atoms with Crippen LogP contribution in [0.5, 0.6) is 0 Å². The van der Waals surface area contributed by atoms with Crippen molar-refractivity contribution in [3.8, 4) is 10.6 Å². The molecular formula is C18H22N6S. The van der Waals surface area contributed by atoms with Crippen LogP contribution in [-0.2, 0) is 7.05 Å². The number of benzene rings is 1. The first kappa shape index (κ1) is 16.1. The quantitative estimate of drug-likeness (QED) is 0.779. The predicted octanol–water partition coefficient (Wildman–Crippen LogP) is 3.33. The minimum atomic E-state index is 0.501. The van der Waals surface area contributed by atoms with Gasteiger partial charge in [-0.05, 0) is 31.9 Å². The van der Waals surface area contributed by atoms with E-state index in [-0.39, 0.29) is 0 Å². The maximum atomic E-state index is 4.27. The summed E-state index contributed by atoms with van der Waals surface area (Å²) in [6, 6.07) is 11.2. The summed E-state index contributed by atoms with van der Waals surface area (Å²) in [4.78, 5) is 2.46. The first-order valence-electron chi connectivity index (χ1n) is 8.59. The molecule has 1 aromatic carbocycles. The number of hydrogen-bond donors (Lipinski definition) is 1. The Morgan fingerprint density at radius 1 is 1.16 bits per heavy atom. The zero-order valence-electron chi connectivity index (χ0n) is 14.5. The molecule has 1 saturated heterocycles. The fourth-order valence-electron chi connectivity index (χ4n) is 3.26. The average Bonchev–Trinajstić information content (AvgIpc) is 3.25. The van der Waals surface area contributed by atoms with E-state index in [9.17, 15) is 0 Å². The largest absolute Gasteiger partial charge is 0.371 e. The fraction of sp³-hybridized carbons (Fsp3) is 0.389. The molecule has 7 heteroatoms. The molecule has 1 aliphatic rings. The first-order valence-corrected chi connectivity index (χ1v) is 9.41. The number of nitrogens with zero attached hydrogens (tertiary/aromatic N) is 5. The lowest BCUT2D eigenvalue weighted by atomic mass is 10.0. The van der Waals surface area contributed by atoms with E-state index >= 15 is 0 Å². The van der Waals surface area contributed by atoms with Gasteiger partial charge in [-0.2, -0.15) is 5.10 Å². The second kappa shape index (κ2) is 6.84. The van der Waals surface area contributed by atoms with Gasteiger partial charge in [-0.3, -0.25) is 4.68 Å². The van der Waals surface area contributed by atoms with Crippen LogP contribution in [0.25, 0.3) is 10.6 Å². The van der Waals surface area contributed by atoms with Gasteiger partial charge in [0.05, 0.1) is 6.20 Å². The molecule has 0 radical (unpaired) electrons. The molecule has 0 amide bonds. The van der Waals surface area contributed by atoms with E-state index in [0.717, 1.165) is 47.3 Å². The molecule has 0 bridgehead atoms. The minimum absolute atomic E-state index is 0.501. The molecule has 1 aliphatic heterocycles. The summed E-state index contributed by atoms with van der Waals surface area (Å²) in [5, 5.41) is 18.2. The molecule has 3 heterocycles. The summed E-state index contributed by atoms with van der Waals surface area (Å²) in [6.45, 7) is 4.09. The van der Waals surface area contributed by atoms with Crippen molar-refractivity contribution in [2.24, 2.45) is 7.05 Å². The summed E-state index contributed by atoms with van der Waals surface area (Å²) >= 11 is 1.64. The maximum Gasteiger partial charge on any atom is 0.147 e. The van der Waals surface area contributed by atoms with E-state index in [0.29, 0.717) is 6.04 Å². The lowest BCUT2D eigenvalue weighted by molar-refractivity contribution is 0.522. The van der Waals surface area contributed by atoms with Crippen molar-refractivity contribution >= 4 is 22.8 Å². The third kappa shape index (κ3) is 3.51. The number of aromatic nitrogens is 4. The summed E-state index contributed by atoms with van der Waals surface area (Å²) in [6.07, 6.45) is 4.07. The summed E-state index contributed by atoms with van der Waals surface area (Å²) in [7, 11) is 1.97. The Hall–Kier alpha value is -2.41. The Morgan fingerprint density at radius 3 is 2.68 bits per heavy atom. The van der Waals surface area contributed by atoms with Crippen molar-refractivity contribution < 1.29 is 0 Å². The Kier molecular flexibility index (Phi) is 4.40. The van der Waals surface area contributed by atoms with Crippen LogP contribution in [0.2, 0.25) is 0 Å². The number of piperidine rings is 1. The fourth-order valence-corrected chi connectivity index (χ4v) is 3.94. The number of anilines is 2. The van der Waals surface area contributed by atoms with Crippen LogP contribution in [0.1, 0.15) is 17.8 Å². The van der Waals surface area contributed by atoms with Gasteiger partial charge in [0.25, 0.3) is 0 Å². The Morgan fingerprint density at radius 2 is 2.00 bits per heavy atom. The van der Waals surface area contributed by atoms with Gasteiger partial charge in [0, 0.05) is 43.5 Å². The molecule has 2 aromatic heterocycles. The highest BCUT2D eigenvalue weighted by atomic mass is 32.1. The van der Waals surface area contributed by atoms with Gasteiger partial charge >= 0.3 is 0 Å². The van der Waals surface area contributed by atoms with Crippen LogP contribution in [0.4, 0.5) is 11.5 Å². The molecule has 1 fully saturated rings. The van der Waals surface area contributed by atoms with E-state index in [4.69, 9.17) is 0 Å². The third-order valence-corrected chi connectivity index (χ3v) is 5.54. The van der Waals surface area contributed by atoms with Crippen molar-refractivity contribution in [3.05, 3.63) is 41.5 Å². The first-order chi connectivity index (χ1) is 12.2. The second-order valence-corrected chi connectivity index (χ2v) is 7.60. The summed E-state index contributed by atoms with van der Waals surface area (Å²) < 4.78 is 1.89. The van der Waals surface area contributed by atoms with Crippen LogP contribution < -0.4 is 10.2 Å². The number of rotatable bonds is 4. The van der Waals surface area contributed by atoms with Crippen molar-refractivity contribution in [2.75, 3.05) is 23.3 Å². The van der Waals surface area contributed by atoms with Gasteiger partial charge in [-0.15, -0.1) is 10.2 Å². The standard InChI is InChI=1S/C18H22N6S/c1-13-21-22-18(25-13)14-4-3-5-16(12-14)24-10-7-15(8-11-24)20-17-6-9-19-23(17)2/h3-6,9,12,15,20H,7-8,10-11H2,1-2H3. The van der Waals surface area contributed by atoms with Crippen LogP contribution in [-0.4, -0.2) is 39.1 Å². The highest BCUT2D eigenvalue weighted by Crippen LogP contribution is 2.28. The molecule has 0 spiro atoms. The molecule has 1 N–H and O–H groups in total. The number of aryl methyl sites for hydroxylation is 2. The lowest BCUT2D eigenvalue weighted by Gasteiger charge is -2.34. The monoisotopic (exact) mass is 354 g/mol. The summed E-state index contributed by atoms with van der Waals surface area (Å²) in [5.41, 5.74) is 2.42. The predicted molar refractivity (Wildman–Crippen MR) is 102 cm³/mol. The van der Waals surface area contributed by atoms with Gasteiger partial charge in [0.15, 0.2) is 0 Å². The zero-order chi connectivity index (χ0) is 17.2. The molecule has 130 valence electrons. The molecule has 0 saturated carbocycles. The average molecular weight is 354 g/mol. The maximum absolute atomic E-state index is 4.27. The molecule has 0 unspecified atom stereocenters. The smallest absolute Gasteiger partial charge is 0.147 e. The molecule has 3 aromatic rings. The van der Waals surface area contributed by atoms with Crippen LogP contribution >= 0.6 is 11.3 Å². The van der Waals surface area contributed by atoms with E-state index in [1.54, 1.807) is 11.3 Å². The molecule has 0 atom stereocenters. The Labute approximate surface area is 151 Å². The van der Waals surface area contributed by atoms with Crippen molar-refractivity contribution in [1.82, 2.24) is 20.0 Å². The van der Waals surface area contributed by atoms with Crippen molar-refractivity contribution in [2.45, 2.75) is 25.8 Å². The van der Waals surface area contributed by atoms with Crippen LogP contribution in [0.15, 0.2) is 36.5 Å². The Balaban J connectivity index is 1.41. The number of hydrogen-bond acceptors (Lipinski definition) is 6. The highest BCUT2D eigenvalue weighted by Gasteiger charge is 2.20. The molecular weight excluding hydrogens is 332 g/mol. The van der Waals surface area contributed by atoms with Gasteiger partial charge in [-0.25, -0.2) is 0 Å². The van der Waals surface area contributed by atoms with E-state index in [1.165, 1.54) is 5.69 Å². The van der Waals surface area contributed by atoms with E-state index < -0.39 is 0 Å². The van der Waals surface area contributed by atoms with Crippen molar-refractivity contribution in [3.63, 3.8) is 0 Å². The lowest BCUT2D eigenvalue weighted by Crippen LogP contribution is -2.39. The topological polar surface area (TPSA) is 58.9 Å². The highest BCUT2D eigenvalue weighted by molar-refractivity contribution is 7.14. The summed E-state index contributed by atoms with van der Waals surface area (Å²) in [5.74, 6) is 1.09. The van der Waals surface area contributed by atoms with Crippen LogP contribution in [0, 0.1) is 6.92 Å². The zero-order valence-corrected chi connectivity index (χ0v) is 15.3. The van der Waals surface area contributed by atoms with Gasteiger partial charge in [0.1, 0.15) is 15.8 Å². The molecule has 0 aliphatic carbocycles. The molecule has 4 rings (SSSR count).